The van der Waals surface area contributed by atoms with Gasteiger partial charge < -0.3 is 10.0 Å². The monoisotopic (exact) mass is 335 g/mol. The van der Waals surface area contributed by atoms with Crippen LogP contribution in [0.5, 0.6) is 0 Å². The van der Waals surface area contributed by atoms with E-state index >= 15 is 0 Å². The third kappa shape index (κ3) is 2.85. The number of halogens is 1. The fraction of sp³-hybridized carbons (Fsp3) is 0.556. The van der Waals surface area contributed by atoms with Crippen LogP contribution in [0.2, 0.25) is 5.02 Å². The molecule has 124 valence electrons. The molecule has 1 aliphatic carbocycles. The van der Waals surface area contributed by atoms with Crippen molar-refractivity contribution in [2.75, 3.05) is 13.1 Å². The molecule has 0 unspecified atom stereocenters. The molecular formula is C18H22ClNO3. The number of benzene rings is 1. The molecule has 1 heterocycles. The number of amides is 1. The molecule has 1 amide bonds. The zero-order chi connectivity index (χ0) is 16.6. The first-order valence-electron chi connectivity index (χ1n) is 8.22. The van der Waals surface area contributed by atoms with Gasteiger partial charge in [0.2, 0.25) is 5.91 Å². The van der Waals surface area contributed by atoms with Gasteiger partial charge in [-0.05, 0) is 36.5 Å². The summed E-state index contributed by atoms with van der Waals surface area (Å²) in [6.45, 7) is 2.75. The highest BCUT2D eigenvalue weighted by atomic mass is 35.5. The van der Waals surface area contributed by atoms with Gasteiger partial charge in [-0.15, -0.1) is 0 Å². The average molecular weight is 336 g/mol. The van der Waals surface area contributed by atoms with Gasteiger partial charge in [-0.2, -0.15) is 0 Å². The average Bonchev–Trinajstić information content (AvgIpc) is 3.14. The van der Waals surface area contributed by atoms with E-state index in [1.807, 2.05) is 31.2 Å². The van der Waals surface area contributed by atoms with Crippen LogP contribution < -0.4 is 0 Å². The Labute approximate surface area is 141 Å². The van der Waals surface area contributed by atoms with Gasteiger partial charge >= 0.3 is 5.97 Å². The molecule has 1 saturated carbocycles. The van der Waals surface area contributed by atoms with E-state index in [1.54, 1.807) is 4.90 Å². The first-order chi connectivity index (χ1) is 10.9. The summed E-state index contributed by atoms with van der Waals surface area (Å²) < 4.78 is 0. The van der Waals surface area contributed by atoms with Gasteiger partial charge in [-0.25, -0.2) is 0 Å². The van der Waals surface area contributed by atoms with Crippen LogP contribution >= 0.6 is 11.6 Å². The molecule has 1 N–H and O–H groups in total. The Kier molecular flexibility index (Phi) is 4.37. The second-order valence-corrected chi connectivity index (χ2v) is 7.37. The summed E-state index contributed by atoms with van der Waals surface area (Å²) in [5.41, 5.74) is 0.441. The zero-order valence-electron chi connectivity index (χ0n) is 13.3. The number of nitrogens with zero attached hydrogens (tertiary/aromatic N) is 1. The molecular weight excluding hydrogens is 314 g/mol. The number of hydrogen-bond donors (Lipinski definition) is 1. The van der Waals surface area contributed by atoms with Crippen molar-refractivity contribution in [1.82, 2.24) is 4.90 Å². The van der Waals surface area contributed by atoms with Crippen LogP contribution in [-0.2, 0) is 15.0 Å². The van der Waals surface area contributed by atoms with E-state index in [2.05, 4.69) is 0 Å². The predicted molar refractivity (Wildman–Crippen MR) is 88.5 cm³/mol. The summed E-state index contributed by atoms with van der Waals surface area (Å²) in [6, 6.07) is 7.57. The first kappa shape index (κ1) is 16.3. The van der Waals surface area contributed by atoms with Gasteiger partial charge in [0.15, 0.2) is 0 Å². The highest BCUT2D eigenvalue weighted by Crippen LogP contribution is 2.44. The molecule has 4 nitrogen and oxygen atoms in total. The van der Waals surface area contributed by atoms with Gasteiger partial charge in [-0.3, -0.25) is 9.59 Å². The molecule has 1 saturated heterocycles. The molecule has 0 spiro atoms. The fourth-order valence-electron chi connectivity index (χ4n) is 4.15. The third-order valence-electron chi connectivity index (χ3n) is 5.46. The van der Waals surface area contributed by atoms with Crippen LogP contribution in [0.25, 0.3) is 0 Å². The second kappa shape index (κ2) is 6.16. The van der Waals surface area contributed by atoms with Gasteiger partial charge in [0, 0.05) is 18.1 Å². The number of carboxylic acids is 1. The smallest absolute Gasteiger partial charge is 0.308 e. The molecule has 23 heavy (non-hydrogen) atoms. The van der Waals surface area contributed by atoms with Crippen molar-refractivity contribution in [2.24, 2.45) is 11.8 Å². The molecule has 1 aromatic rings. The van der Waals surface area contributed by atoms with Gasteiger partial charge in [0.25, 0.3) is 0 Å². The Morgan fingerprint density at radius 1 is 1.26 bits per heavy atom. The minimum Gasteiger partial charge on any atom is -0.481 e. The van der Waals surface area contributed by atoms with Crippen molar-refractivity contribution in [2.45, 2.75) is 38.0 Å². The Balaban J connectivity index is 1.90. The lowest BCUT2D eigenvalue weighted by Gasteiger charge is -2.33. The third-order valence-corrected chi connectivity index (χ3v) is 5.70. The summed E-state index contributed by atoms with van der Waals surface area (Å²) in [6.07, 6.45) is 3.66. The standard InChI is InChI=1S/C18H22ClNO3/c1-12-10-20(11-15(12)16(21)22)17(23)18(7-2-3-8-18)13-5-4-6-14(19)9-13/h4-6,9,12,15H,2-3,7-8,10-11H2,1H3,(H,21,22)/t12-,15-/m1/s1. The maximum atomic E-state index is 13.3. The molecule has 1 aliphatic heterocycles. The topological polar surface area (TPSA) is 57.6 Å². The second-order valence-electron chi connectivity index (χ2n) is 6.93. The van der Waals surface area contributed by atoms with Crippen molar-refractivity contribution in [3.8, 4) is 0 Å². The molecule has 2 fully saturated rings. The van der Waals surface area contributed by atoms with Crippen LogP contribution in [-0.4, -0.2) is 35.0 Å². The number of likely N-dealkylation sites (tertiary alicyclic amines) is 1. The van der Waals surface area contributed by atoms with Gasteiger partial charge in [0.1, 0.15) is 0 Å². The van der Waals surface area contributed by atoms with E-state index in [9.17, 15) is 14.7 Å². The van der Waals surface area contributed by atoms with Gasteiger partial charge in [0.05, 0.1) is 11.3 Å². The molecule has 2 atom stereocenters. The largest absolute Gasteiger partial charge is 0.481 e. The van der Waals surface area contributed by atoms with Crippen LogP contribution in [0, 0.1) is 11.8 Å². The number of aliphatic carboxylic acids is 1. The summed E-state index contributed by atoms with van der Waals surface area (Å²) >= 11 is 6.13. The summed E-state index contributed by atoms with van der Waals surface area (Å²) in [5.74, 6) is -1.20. The van der Waals surface area contributed by atoms with Crippen LogP contribution in [0.1, 0.15) is 38.2 Å². The van der Waals surface area contributed by atoms with Crippen molar-refractivity contribution < 1.29 is 14.7 Å². The van der Waals surface area contributed by atoms with Crippen molar-refractivity contribution in [3.05, 3.63) is 34.9 Å². The minimum absolute atomic E-state index is 0.00531. The number of carbonyl (C=O) groups excluding carboxylic acids is 1. The Morgan fingerprint density at radius 3 is 2.52 bits per heavy atom. The maximum Gasteiger partial charge on any atom is 0.308 e. The van der Waals surface area contributed by atoms with Gasteiger partial charge in [-0.1, -0.05) is 43.5 Å². The normalized spacial score (nSPS) is 26.4. The Hall–Kier alpha value is -1.55. The highest BCUT2D eigenvalue weighted by molar-refractivity contribution is 6.30. The number of hydrogen-bond acceptors (Lipinski definition) is 2. The van der Waals surface area contributed by atoms with E-state index in [1.165, 1.54) is 0 Å². The molecule has 2 aliphatic rings. The molecule has 5 heteroatoms. The van der Waals surface area contributed by atoms with Crippen LogP contribution in [0.15, 0.2) is 24.3 Å². The highest BCUT2D eigenvalue weighted by Gasteiger charge is 2.48. The Bertz CT molecular complexity index is 624. The maximum absolute atomic E-state index is 13.3. The van der Waals surface area contributed by atoms with E-state index in [0.717, 1.165) is 31.2 Å². The quantitative estimate of drug-likeness (QED) is 0.921. The van der Waals surface area contributed by atoms with Crippen molar-refractivity contribution in [1.29, 1.82) is 0 Å². The molecule has 0 radical (unpaired) electrons. The summed E-state index contributed by atoms with van der Waals surface area (Å²) in [7, 11) is 0. The lowest BCUT2D eigenvalue weighted by molar-refractivity contribution is -0.142. The summed E-state index contributed by atoms with van der Waals surface area (Å²) in [4.78, 5) is 26.4. The summed E-state index contributed by atoms with van der Waals surface area (Å²) in [5, 5.41) is 9.95. The van der Waals surface area contributed by atoms with E-state index < -0.39 is 17.3 Å². The first-order valence-corrected chi connectivity index (χ1v) is 8.60. The predicted octanol–water partition coefficient (Wildman–Crippen LogP) is 3.33. The molecule has 0 bridgehead atoms. The molecule has 3 rings (SSSR count). The van der Waals surface area contributed by atoms with Crippen molar-refractivity contribution >= 4 is 23.5 Å². The zero-order valence-corrected chi connectivity index (χ0v) is 14.1. The van der Waals surface area contributed by atoms with E-state index in [4.69, 9.17) is 11.6 Å². The number of carboxylic acid groups (broad SMARTS) is 1. The minimum atomic E-state index is -0.809. The van der Waals surface area contributed by atoms with E-state index in [-0.39, 0.29) is 11.8 Å². The molecule has 1 aromatic carbocycles. The van der Waals surface area contributed by atoms with Crippen LogP contribution in [0.3, 0.4) is 0 Å². The molecule has 0 aromatic heterocycles. The lowest BCUT2D eigenvalue weighted by atomic mass is 9.77. The lowest BCUT2D eigenvalue weighted by Crippen LogP contribution is -2.44. The van der Waals surface area contributed by atoms with Crippen molar-refractivity contribution in [3.63, 3.8) is 0 Å². The van der Waals surface area contributed by atoms with Crippen LogP contribution in [0.4, 0.5) is 0 Å². The Morgan fingerprint density at radius 2 is 1.96 bits per heavy atom. The fourth-order valence-corrected chi connectivity index (χ4v) is 4.34. The number of carbonyl (C=O) groups is 2. The number of rotatable bonds is 3. The van der Waals surface area contributed by atoms with E-state index in [0.29, 0.717) is 18.1 Å². The SMILES string of the molecule is C[C@@H]1CN(C(=O)C2(c3cccc(Cl)c3)CCCC2)C[C@H]1C(=O)O.